The van der Waals surface area contributed by atoms with Crippen LogP contribution in [0.4, 0.5) is 18.9 Å². The Balaban J connectivity index is 0.00000324. The number of rotatable bonds is 3. The highest BCUT2D eigenvalue weighted by molar-refractivity contribution is 6.33. The van der Waals surface area contributed by atoms with Crippen LogP contribution in [-0.4, -0.2) is 25.7 Å². The second-order valence-corrected chi connectivity index (χ2v) is 3.78. The molecular formula is C10H11Cl2F3N2O2. The lowest BCUT2D eigenvalue weighted by molar-refractivity contribution is -0.123. The Morgan fingerprint density at radius 3 is 2.53 bits per heavy atom. The summed E-state index contributed by atoms with van der Waals surface area (Å²) in [5, 5.41) is 1.78. The van der Waals surface area contributed by atoms with Crippen molar-refractivity contribution in [2.45, 2.75) is 6.18 Å². The minimum atomic E-state index is -4.49. The van der Waals surface area contributed by atoms with Crippen LogP contribution in [0.25, 0.3) is 0 Å². The highest BCUT2D eigenvalue weighted by atomic mass is 35.5. The summed E-state index contributed by atoms with van der Waals surface area (Å²) in [6.07, 6.45) is -4.49. The van der Waals surface area contributed by atoms with Crippen LogP contribution < -0.4 is 15.8 Å². The Kier molecular flexibility index (Phi) is 6.24. The SMILES string of the molecule is COc1cc(N)c(Cl)cc1C(=O)NCC(F)(F)F.Cl. The molecule has 0 bridgehead atoms. The fourth-order valence-corrected chi connectivity index (χ4v) is 1.35. The number of nitrogen functional groups attached to an aromatic ring is 1. The molecule has 0 radical (unpaired) electrons. The van der Waals surface area contributed by atoms with E-state index in [-0.39, 0.29) is 34.4 Å². The third-order valence-electron chi connectivity index (χ3n) is 2.01. The van der Waals surface area contributed by atoms with Crippen molar-refractivity contribution >= 4 is 35.6 Å². The van der Waals surface area contributed by atoms with Crippen LogP contribution in [0.1, 0.15) is 10.4 Å². The summed E-state index contributed by atoms with van der Waals surface area (Å²) < 4.78 is 40.8. The van der Waals surface area contributed by atoms with Gasteiger partial charge in [0, 0.05) is 6.07 Å². The van der Waals surface area contributed by atoms with Crippen molar-refractivity contribution in [3.63, 3.8) is 0 Å². The standard InChI is InChI=1S/C10H10ClF3N2O2.ClH/c1-18-8-3-7(15)6(11)2-5(8)9(17)16-4-10(12,13)14;/h2-3H,4,15H2,1H3,(H,16,17);1H. The molecule has 3 N–H and O–H groups in total. The lowest BCUT2D eigenvalue weighted by Gasteiger charge is -2.12. The normalized spacial score (nSPS) is 10.6. The zero-order valence-corrected chi connectivity index (χ0v) is 11.2. The Labute approximate surface area is 118 Å². The molecule has 1 aromatic carbocycles. The van der Waals surface area contributed by atoms with Gasteiger partial charge in [-0.15, -0.1) is 12.4 Å². The number of carbonyl (C=O) groups excluding carboxylic acids is 1. The summed E-state index contributed by atoms with van der Waals surface area (Å²) in [4.78, 5) is 11.5. The van der Waals surface area contributed by atoms with Crippen LogP contribution in [0.2, 0.25) is 5.02 Å². The molecule has 1 aromatic rings. The molecule has 19 heavy (non-hydrogen) atoms. The van der Waals surface area contributed by atoms with E-state index >= 15 is 0 Å². The highest BCUT2D eigenvalue weighted by Gasteiger charge is 2.28. The van der Waals surface area contributed by atoms with Crippen molar-refractivity contribution in [2.24, 2.45) is 0 Å². The first-order valence-corrected chi connectivity index (χ1v) is 5.10. The van der Waals surface area contributed by atoms with Crippen molar-refractivity contribution in [3.8, 4) is 5.75 Å². The van der Waals surface area contributed by atoms with Crippen molar-refractivity contribution in [1.82, 2.24) is 5.32 Å². The topological polar surface area (TPSA) is 64.3 Å². The number of hydrogen-bond donors (Lipinski definition) is 2. The zero-order valence-electron chi connectivity index (χ0n) is 9.68. The molecule has 0 saturated carbocycles. The number of carbonyl (C=O) groups is 1. The molecule has 0 aliphatic heterocycles. The van der Waals surface area contributed by atoms with E-state index in [4.69, 9.17) is 22.1 Å². The number of alkyl halides is 3. The van der Waals surface area contributed by atoms with Gasteiger partial charge in [0.2, 0.25) is 0 Å². The van der Waals surface area contributed by atoms with Crippen LogP contribution in [-0.2, 0) is 0 Å². The van der Waals surface area contributed by atoms with Gasteiger partial charge in [0.25, 0.3) is 5.91 Å². The number of amides is 1. The average Bonchev–Trinajstić information content (AvgIpc) is 2.28. The molecule has 0 aliphatic carbocycles. The number of benzene rings is 1. The van der Waals surface area contributed by atoms with E-state index in [0.717, 1.165) is 6.07 Å². The quantitative estimate of drug-likeness (QED) is 0.842. The Bertz CT molecular complexity index is 467. The van der Waals surface area contributed by atoms with E-state index in [9.17, 15) is 18.0 Å². The van der Waals surface area contributed by atoms with Gasteiger partial charge in [-0.2, -0.15) is 13.2 Å². The molecule has 4 nitrogen and oxygen atoms in total. The van der Waals surface area contributed by atoms with Crippen molar-refractivity contribution < 1.29 is 22.7 Å². The lowest BCUT2D eigenvalue weighted by atomic mass is 10.1. The summed E-state index contributed by atoms with van der Waals surface area (Å²) in [6.45, 7) is -1.43. The van der Waals surface area contributed by atoms with Gasteiger partial charge in [-0.05, 0) is 6.07 Å². The lowest BCUT2D eigenvalue weighted by Crippen LogP contribution is -2.33. The molecule has 0 aliphatic rings. The first kappa shape index (κ1) is 17.7. The van der Waals surface area contributed by atoms with Crippen LogP contribution in [0.3, 0.4) is 0 Å². The fraction of sp³-hybridized carbons (Fsp3) is 0.300. The van der Waals surface area contributed by atoms with E-state index in [2.05, 4.69) is 0 Å². The van der Waals surface area contributed by atoms with Gasteiger partial charge in [0.05, 0.1) is 23.4 Å². The Morgan fingerprint density at radius 1 is 1.47 bits per heavy atom. The number of nitrogens with two attached hydrogens (primary N) is 1. The largest absolute Gasteiger partial charge is 0.496 e. The minimum Gasteiger partial charge on any atom is -0.496 e. The third-order valence-corrected chi connectivity index (χ3v) is 2.34. The van der Waals surface area contributed by atoms with Crippen LogP contribution in [0.15, 0.2) is 12.1 Å². The number of ether oxygens (including phenoxy) is 1. The first-order chi connectivity index (χ1) is 8.24. The molecule has 9 heteroatoms. The molecule has 108 valence electrons. The Morgan fingerprint density at radius 2 is 2.05 bits per heavy atom. The summed E-state index contributed by atoms with van der Waals surface area (Å²) >= 11 is 5.69. The Hall–Kier alpha value is -1.34. The summed E-state index contributed by atoms with van der Waals surface area (Å²) in [5.41, 5.74) is 5.54. The summed E-state index contributed by atoms with van der Waals surface area (Å²) in [6, 6.07) is 2.42. The molecule has 1 rings (SSSR count). The average molecular weight is 319 g/mol. The first-order valence-electron chi connectivity index (χ1n) is 4.72. The van der Waals surface area contributed by atoms with Gasteiger partial charge in [-0.1, -0.05) is 11.6 Å². The van der Waals surface area contributed by atoms with Gasteiger partial charge >= 0.3 is 6.18 Å². The van der Waals surface area contributed by atoms with Crippen molar-refractivity contribution in [1.29, 1.82) is 0 Å². The molecule has 0 spiro atoms. The van der Waals surface area contributed by atoms with Gasteiger partial charge in [-0.25, -0.2) is 0 Å². The summed E-state index contributed by atoms with van der Waals surface area (Å²) in [5.74, 6) is -0.886. The smallest absolute Gasteiger partial charge is 0.405 e. The molecule has 0 fully saturated rings. The highest BCUT2D eigenvalue weighted by Crippen LogP contribution is 2.28. The molecule has 0 heterocycles. The van der Waals surface area contributed by atoms with Gasteiger partial charge in [-0.3, -0.25) is 4.79 Å². The number of nitrogens with one attached hydrogen (secondary N) is 1. The van der Waals surface area contributed by atoms with E-state index in [1.165, 1.54) is 13.2 Å². The monoisotopic (exact) mass is 318 g/mol. The fourth-order valence-electron chi connectivity index (χ4n) is 1.19. The maximum Gasteiger partial charge on any atom is 0.405 e. The number of anilines is 1. The van der Waals surface area contributed by atoms with Gasteiger partial charge < -0.3 is 15.8 Å². The van der Waals surface area contributed by atoms with E-state index < -0.39 is 18.6 Å². The van der Waals surface area contributed by atoms with Gasteiger partial charge in [0.1, 0.15) is 12.3 Å². The van der Waals surface area contributed by atoms with Crippen molar-refractivity contribution in [2.75, 3.05) is 19.4 Å². The molecular weight excluding hydrogens is 308 g/mol. The second kappa shape index (κ2) is 6.72. The maximum absolute atomic E-state index is 12.0. The van der Waals surface area contributed by atoms with Gasteiger partial charge in [0.15, 0.2) is 0 Å². The van der Waals surface area contributed by atoms with E-state index in [1.54, 1.807) is 5.32 Å². The molecule has 0 atom stereocenters. The predicted octanol–water partition coefficient (Wildman–Crippen LogP) is 2.64. The summed E-state index contributed by atoms with van der Waals surface area (Å²) in [7, 11) is 1.27. The number of methoxy groups -OCH3 is 1. The third kappa shape index (κ3) is 5.04. The minimum absolute atomic E-state index is 0. The number of halogens is 5. The van der Waals surface area contributed by atoms with E-state index in [1.807, 2.05) is 0 Å². The molecule has 0 saturated heterocycles. The van der Waals surface area contributed by atoms with Crippen LogP contribution in [0.5, 0.6) is 5.75 Å². The van der Waals surface area contributed by atoms with Crippen molar-refractivity contribution in [3.05, 3.63) is 22.7 Å². The predicted molar refractivity (Wildman–Crippen MR) is 68.1 cm³/mol. The molecule has 1 amide bonds. The number of hydrogen-bond acceptors (Lipinski definition) is 3. The van der Waals surface area contributed by atoms with E-state index in [0.29, 0.717) is 0 Å². The maximum atomic E-state index is 12.0. The zero-order chi connectivity index (χ0) is 13.9. The van der Waals surface area contributed by atoms with Crippen LogP contribution in [0, 0.1) is 0 Å². The molecule has 0 unspecified atom stereocenters. The second-order valence-electron chi connectivity index (χ2n) is 3.37. The molecule has 0 aromatic heterocycles. The van der Waals surface area contributed by atoms with Crippen LogP contribution >= 0.6 is 24.0 Å².